The van der Waals surface area contributed by atoms with Crippen LogP contribution in [0.5, 0.6) is 0 Å². The molecule has 92 valence electrons. The predicted octanol–water partition coefficient (Wildman–Crippen LogP) is -0.137. The molecule has 0 aliphatic carbocycles. The van der Waals surface area contributed by atoms with Crippen LogP contribution in [0, 0.1) is 0 Å². The molecule has 0 saturated carbocycles. The summed E-state index contributed by atoms with van der Waals surface area (Å²) >= 11 is 0. The number of aliphatic carboxylic acids is 1. The number of benzene rings is 1. The van der Waals surface area contributed by atoms with Gasteiger partial charge in [0.1, 0.15) is 12.3 Å². The van der Waals surface area contributed by atoms with Crippen molar-refractivity contribution in [2.24, 2.45) is 0 Å². The lowest BCUT2D eigenvalue weighted by Crippen LogP contribution is -2.60. The molecule has 2 unspecified atom stereocenters. The highest BCUT2D eigenvalue weighted by molar-refractivity contribution is 5.74. The number of carboxylic acid groups (broad SMARTS) is 1. The van der Waals surface area contributed by atoms with Crippen LogP contribution in [-0.4, -0.2) is 46.4 Å². The van der Waals surface area contributed by atoms with E-state index in [0.29, 0.717) is 19.6 Å². The number of aliphatic hydroxyl groups excluding tert-OH is 1. The molecular weight excluding hydrogens is 220 g/mol. The maximum Gasteiger partial charge on any atom is 0.324 e. The first kappa shape index (κ1) is 12.0. The van der Waals surface area contributed by atoms with Crippen molar-refractivity contribution >= 4 is 5.97 Å². The van der Waals surface area contributed by atoms with E-state index in [1.807, 2.05) is 30.3 Å². The number of nitrogens with one attached hydrogen (secondary N) is 1. The Labute approximate surface area is 99.7 Å². The van der Waals surface area contributed by atoms with E-state index < -0.39 is 18.2 Å². The van der Waals surface area contributed by atoms with Crippen molar-refractivity contribution in [3.8, 4) is 0 Å². The zero-order chi connectivity index (χ0) is 12.3. The van der Waals surface area contributed by atoms with Gasteiger partial charge in [-0.2, -0.15) is 0 Å². The summed E-state index contributed by atoms with van der Waals surface area (Å²) in [6.45, 7) is 1.77. The van der Waals surface area contributed by atoms with Gasteiger partial charge in [0.25, 0.3) is 0 Å². The quantitative estimate of drug-likeness (QED) is 0.681. The largest absolute Gasteiger partial charge is 0.480 e. The molecule has 1 aromatic rings. The van der Waals surface area contributed by atoms with Crippen LogP contribution in [0.4, 0.5) is 0 Å². The Morgan fingerprint density at radius 3 is 2.76 bits per heavy atom. The van der Waals surface area contributed by atoms with E-state index in [1.165, 1.54) is 0 Å². The van der Waals surface area contributed by atoms with E-state index >= 15 is 0 Å². The van der Waals surface area contributed by atoms with Crippen molar-refractivity contribution in [2.45, 2.75) is 18.8 Å². The van der Waals surface area contributed by atoms with E-state index in [-0.39, 0.29) is 0 Å². The summed E-state index contributed by atoms with van der Waals surface area (Å²) in [6, 6.07) is 8.80. The van der Waals surface area contributed by atoms with Crippen LogP contribution in [0.2, 0.25) is 0 Å². The average Bonchev–Trinajstić information content (AvgIpc) is 2.33. The molecule has 1 aliphatic heterocycles. The minimum atomic E-state index is -1.02. The van der Waals surface area contributed by atoms with Gasteiger partial charge >= 0.3 is 5.97 Å². The first-order valence-corrected chi connectivity index (χ1v) is 5.61. The second-order valence-corrected chi connectivity index (χ2v) is 4.14. The van der Waals surface area contributed by atoms with Gasteiger partial charge < -0.3 is 10.2 Å². The van der Waals surface area contributed by atoms with Gasteiger partial charge in [0.2, 0.25) is 0 Å². The highest BCUT2D eigenvalue weighted by Crippen LogP contribution is 2.12. The van der Waals surface area contributed by atoms with Gasteiger partial charge in [-0.1, -0.05) is 30.3 Å². The Bertz CT molecular complexity index is 383. The van der Waals surface area contributed by atoms with Crippen LogP contribution < -0.4 is 5.32 Å². The lowest BCUT2D eigenvalue weighted by molar-refractivity contribution is -0.150. The number of hydrogen-bond acceptors (Lipinski definition) is 4. The van der Waals surface area contributed by atoms with Gasteiger partial charge in [-0.3, -0.25) is 15.0 Å². The lowest BCUT2D eigenvalue weighted by atomic mass is 10.1. The molecule has 17 heavy (non-hydrogen) atoms. The summed E-state index contributed by atoms with van der Waals surface area (Å²) in [5.74, 6) is -1.02. The molecule has 1 heterocycles. The van der Waals surface area contributed by atoms with Crippen LogP contribution in [0.1, 0.15) is 5.56 Å². The van der Waals surface area contributed by atoms with Gasteiger partial charge in [0.05, 0.1) is 0 Å². The minimum absolute atomic E-state index is 0.563. The van der Waals surface area contributed by atoms with Crippen molar-refractivity contribution < 1.29 is 15.0 Å². The Hall–Kier alpha value is -1.43. The van der Waals surface area contributed by atoms with Crippen LogP contribution in [-0.2, 0) is 11.3 Å². The molecule has 5 nitrogen and oxygen atoms in total. The van der Waals surface area contributed by atoms with Crippen molar-refractivity contribution in [1.29, 1.82) is 0 Å². The van der Waals surface area contributed by atoms with Gasteiger partial charge in [-0.25, -0.2) is 0 Å². The SMILES string of the molecule is O=C(O)C1NCCN(Cc2ccccc2)C1O. The molecule has 0 aromatic heterocycles. The molecule has 0 bridgehead atoms. The average molecular weight is 236 g/mol. The van der Waals surface area contributed by atoms with Gasteiger partial charge in [-0.15, -0.1) is 0 Å². The van der Waals surface area contributed by atoms with Crippen molar-refractivity contribution in [2.75, 3.05) is 13.1 Å². The first-order valence-electron chi connectivity index (χ1n) is 5.61. The van der Waals surface area contributed by atoms with E-state index in [9.17, 15) is 9.90 Å². The zero-order valence-corrected chi connectivity index (χ0v) is 9.41. The van der Waals surface area contributed by atoms with Crippen LogP contribution in [0.25, 0.3) is 0 Å². The highest BCUT2D eigenvalue weighted by Gasteiger charge is 2.34. The fourth-order valence-electron chi connectivity index (χ4n) is 2.02. The Morgan fingerprint density at radius 1 is 1.41 bits per heavy atom. The van der Waals surface area contributed by atoms with E-state index in [2.05, 4.69) is 5.32 Å². The molecule has 0 radical (unpaired) electrons. The fraction of sp³-hybridized carbons (Fsp3) is 0.417. The smallest absolute Gasteiger partial charge is 0.324 e. The predicted molar refractivity (Wildman–Crippen MR) is 62.3 cm³/mol. The standard InChI is InChI=1S/C12H16N2O3/c15-11-10(12(16)17)13-6-7-14(11)8-9-4-2-1-3-5-9/h1-5,10-11,13,15H,6-8H2,(H,16,17). The molecule has 1 aromatic carbocycles. The molecule has 1 fully saturated rings. The highest BCUT2D eigenvalue weighted by atomic mass is 16.4. The fourth-order valence-corrected chi connectivity index (χ4v) is 2.02. The third-order valence-electron chi connectivity index (χ3n) is 2.93. The summed E-state index contributed by atoms with van der Waals surface area (Å²) < 4.78 is 0. The maximum absolute atomic E-state index is 10.9. The summed E-state index contributed by atoms with van der Waals surface area (Å²) in [6.07, 6.45) is -0.985. The molecule has 1 aliphatic rings. The second-order valence-electron chi connectivity index (χ2n) is 4.14. The molecule has 1 saturated heterocycles. The Morgan fingerprint density at radius 2 is 2.12 bits per heavy atom. The van der Waals surface area contributed by atoms with E-state index in [1.54, 1.807) is 4.90 Å². The minimum Gasteiger partial charge on any atom is -0.480 e. The first-order chi connectivity index (χ1) is 8.18. The van der Waals surface area contributed by atoms with Crippen molar-refractivity contribution in [3.63, 3.8) is 0 Å². The molecule has 2 atom stereocenters. The second kappa shape index (κ2) is 5.27. The maximum atomic E-state index is 10.9. The third kappa shape index (κ3) is 2.82. The number of carbonyl (C=O) groups is 1. The lowest BCUT2D eigenvalue weighted by Gasteiger charge is -2.36. The number of aliphatic hydroxyl groups is 1. The van der Waals surface area contributed by atoms with Crippen molar-refractivity contribution in [1.82, 2.24) is 10.2 Å². The monoisotopic (exact) mass is 236 g/mol. The molecule has 0 amide bonds. The Kier molecular flexibility index (Phi) is 3.73. The van der Waals surface area contributed by atoms with Crippen LogP contribution in [0.3, 0.4) is 0 Å². The molecule has 3 N–H and O–H groups in total. The zero-order valence-electron chi connectivity index (χ0n) is 9.41. The summed E-state index contributed by atoms with van der Waals surface area (Å²) in [5.41, 5.74) is 1.07. The number of nitrogens with zero attached hydrogens (tertiary/aromatic N) is 1. The number of hydrogen-bond donors (Lipinski definition) is 3. The number of piperazine rings is 1. The Balaban J connectivity index is 2.03. The van der Waals surface area contributed by atoms with Crippen LogP contribution >= 0.6 is 0 Å². The van der Waals surface area contributed by atoms with E-state index in [4.69, 9.17) is 5.11 Å². The van der Waals surface area contributed by atoms with Gasteiger partial charge in [0.15, 0.2) is 0 Å². The molecule has 5 heteroatoms. The third-order valence-corrected chi connectivity index (χ3v) is 2.93. The number of rotatable bonds is 3. The summed E-state index contributed by atoms with van der Waals surface area (Å²) in [4.78, 5) is 12.7. The van der Waals surface area contributed by atoms with E-state index in [0.717, 1.165) is 5.56 Å². The van der Waals surface area contributed by atoms with Gasteiger partial charge in [-0.05, 0) is 5.56 Å². The molecule has 0 spiro atoms. The molecular formula is C12H16N2O3. The summed E-state index contributed by atoms with van der Waals surface area (Å²) in [7, 11) is 0. The molecule has 2 rings (SSSR count). The number of carboxylic acids is 1. The topological polar surface area (TPSA) is 72.8 Å². The normalized spacial score (nSPS) is 25.7. The van der Waals surface area contributed by atoms with Gasteiger partial charge in [0, 0.05) is 19.6 Å². The van der Waals surface area contributed by atoms with Crippen LogP contribution in [0.15, 0.2) is 30.3 Å². The summed E-state index contributed by atoms with van der Waals surface area (Å²) in [5, 5.41) is 21.7. The van der Waals surface area contributed by atoms with Crippen molar-refractivity contribution in [3.05, 3.63) is 35.9 Å².